The molecule has 1 atom stereocenters. The van der Waals surface area contributed by atoms with Crippen molar-refractivity contribution in [3.63, 3.8) is 0 Å². The van der Waals surface area contributed by atoms with Gasteiger partial charge >= 0.3 is 0 Å². The molecule has 0 bridgehead atoms. The molecular formula is C11H21NO. The molecule has 0 fully saturated rings. The van der Waals surface area contributed by atoms with Crippen molar-refractivity contribution in [1.82, 2.24) is 5.32 Å². The molecule has 1 unspecified atom stereocenters. The molecule has 0 radical (unpaired) electrons. The third kappa shape index (κ3) is 3.12. The van der Waals surface area contributed by atoms with E-state index in [1.54, 1.807) is 0 Å². The molecule has 0 saturated carbocycles. The van der Waals surface area contributed by atoms with Gasteiger partial charge in [-0.1, -0.05) is 12.5 Å². The van der Waals surface area contributed by atoms with E-state index in [9.17, 15) is 5.11 Å². The monoisotopic (exact) mass is 183 g/mol. The van der Waals surface area contributed by atoms with Gasteiger partial charge < -0.3 is 10.4 Å². The second kappa shape index (κ2) is 4.77. The molecule has 1 rings (SSSR count). The van der Waals surface area contributed by atoms with Crippen LogP contribution < -0.4 is 5.32 Å². The molecule has 0 amide bonds. The highest BCUT2D eigenvalue weighted by molar-refractivity contribution is 5.16. The Morgan fingerprint density at radius 1 is 1.46 bits per heavy atom. The molecular weight excluding hydrogens is 162 g/mol. The van der Waals surface area contributed by atoms with Gasteiger partial charge in [-0.15, -0.1) is 0 Å². The largest absolute Gasteiger partial charge is 0.384 e. The molecule has 2 N–H and O–H groups in total. The van der Waals surface area contributed by atoms with Crippen molar-refractivity contribution >= 4 is 0 Å². The Kier molecular flexibility index (Phi) is 3.94. The SMILES string of the molecule is CNCC(C)(O)C1=CCCCCC1. The molecule has 0 aromatic heterocycles. The second-order valence-corrected chi connectivity index (χ2v) is 4.13. The highest BCUT2D eigenvalue weighted by atomic mass is 16.3. The summed E-state index contributed by atoms with van der Waals surface area (Å²) in [4.78, 5) is 0. The summed E-state index contributed by atoms with van der Waals surface area (Å²) >= 11 is 0. The topological polar surface area (TPSA) is 32.3 Å². The zero-order valence-corrected chi connectivity index (χ0v) is 8.77. The van der Waals surface area contributed by atoms with Crippen molar-refractivity contribution in [1.29, 1.82) is 0 Å². The van der Waals surface area contributed by atoms with Crippen molar-refractivity contribution in [2.24, 2.45) is 0 Å². The van der Waals surface area contributed by atoms with Gasteiger partial charge in [0.25, 0.3) is 0 Å². The Morgan fingerprint density at radius 2 is 2.23 bits per heavy atom. The van der Waals surface area contributed by atoms with Gasteiger partial charge in [-0.25, -0.2) is 0 Å². The molecule has 0 heterocycles. The van der Waals surface area contributed by atoms with Crippen LogP contribution >= 0.6 is 0 Å². The van der Waals surface area contributed by atoms with Crippen LogP contribution in [0.15, 0.2) is 11.6 Å². The maximum Gasteiger partial charge on any atom is 0.0952 e. The Morgan fingerprint density at radius 3 is 2.92 bits per heavy atom. The van der Waals surface area contributed by atoms with Gasteiger partial charge in [-0.05, 0) is 45.2 Å². The first-order chi connectivity index (χ1) is 6.17. The molecule has 0 saturated heterocycles. The molecule has 13 heavy (non-hydrogen) atoms. The van der Waals surface area contributed by atoms with Crippen LogP contribution in [0.3, 0.4) is 0 Å². The van der Waals surface area contributed by atoms with Crippen molar-refractivity contribution < 1.29 is 5.11 Å². The fourth-order valence-corrected chi connectivity index (χ4v) is 1.96. The minimum absolute atomic E-state index is 0.640. The van der Waals surface area contributed by atoms with Gasteiger partial charge in [-0.2, -0.15) is 0 Å². The Bertz CT molecular complexity index is 185. The molecule has 1 aliphatic rings. The van der Waals surface area contributed by atoms with E-state index in [4.69, 9.17) is 0 Å². The highest BCUT2D eigenvalue weighted by Crippen LogP contribution is 2.25. The van der Waals surface area contributed by atoms with E-state index in [2.05, 4.69) is 11.4 Å². The number of rotatable bonds is 3. The lowest BCUT2D eigenvalue weighted by Gasteiger charge is -2.26. The van der Waals surface area contributed by atoms with Crippen molar-refractivity contribution in [3.8, 4) is 0 Å². The highest BCUT2D eigenvalue weighted by Gasteiger charge is 2.24. The van der Waals surface area contributed by atoms with Crippen LogP contribution in [-0.2, 0) is 0 Å². The predicted octanol–water partition coefficient (Wildman–Crippen LogP) is 1.85. The molecule has 76 valence electrons. The molecule has 0 spiro atoms. The first-order valence-electron chi connectivity index (χ1n) is 5.23. The number of allylic oxidation sites excluding steroid dienone is 1. The summed E-state index contributed by atoms with van der Waals surface area (Å²) in [7, 11) is 1.88. The zero-order chi connectivity index (χ0) is 9.73. The van der Waals surface area contributed by atoms with E-state index < -0.39 is 5.60 Å². The molecule has 0 aliphatic heterocycles. The van der Waals surface area contributed by atoms with Crippen LogP contribution in [0.4, 0.5) is 0 Å². The number of nitrogens with one attached hydrogen (secondary N) is 1. The van der Waals surface area contributed by atoms with E-state index in [-0.39, 0.29) is 0 Å². The fourth-order valence-electron chi connectivity index (χ4n) is 1.96. The number of likely N-dealkylation sites (N-methyl/N-ethyl adjacent to an activating group) is 1. The molecule has 2 heteroatoms. The van der Waals surface area contributed by atoms with Gasteiger partial charge in [-0.3, -0.25) is 0 Å². The van der Waals surface area contributed by atoms with Crippen molar-refractivity contribution in [2.75, 3.05) is 13.6 Å². The van der Waals surface area contributed by atoms with Crippen LogP contribution in [0, 0.1) is 0 Å². The van der Waals surface area contributed by atoms with Crippen LogP contribution in [0.1, 0.15) is 39.0 Å². The van der Waals surface area contributed by atoms with E-state index in [0.29, 0.717) is 6.54 Å². The Hall–Kier alpha value is -0.340. The predicted molar refractivity (Wildman–Crippen MR) is 55.7 cm³/mol. The number of hydrogen-bond acceptors (Lipinski definition) is 2. The van der Waals surface area contributed by atoms with Crippen LogP contribution in [-0.4, -0.2) is 24.3 Å². The maximum absolute atomic E-state index is 10.1. The first-order valence-corrected chi connectivity index (χ1v) is 5.23. The third-order valence-electron chi connectivity index (χ3n) is 2.75. The van der Waals surface area contributed by atoms with E-state index >= 15 is 0 Å². The van der Waals surface area contributed by atoms with Crippen LogP contribution in [0.25, 0.3) is 0 Å². The van der Waals surface area contributed by atoms with Gasteiger partial charge in [0.2, 0.25) is 0 Å². The van der Waals surface area contributed by atoms with Gasteiger partial charge in [0.15, 0.2) is 0 Å². The van der Waals surface area contributed by atoms with Crippen LogP contribution in [0.5, 0.6) is 0 Å². The number of hydrogen-bond donors (Lipinski definition) is 2. The zero-order valence-electron chi connectivity index (χ0n) is 8.77. The molecule has 1 aliphatic carbocycles. The quantitative estimate of drug-likeness (QED) is 0.654. The van der Waals surface area contributed by atoms with E-state index in [1.807, 2.05) is 14.0 Å². The third-order valence-corrected chi connectivity index (χ3v) is 2.75. The number of aliphatic hydroxyl groups is 1. The van der Waals surface area contributed by atoms with Crippen LogP contribution in [0.2, 0.25) is 0 Å². The second-order valence-electron chi connectivity index (χ2n) is 4.13. The Labute approximate surface area is 81.0 Å². The molecule has 0 aromatic carbocycles. The average molecular weight is 183 g/mol. The standard InChI is InChI=1S/C11H21NO/c1-11(13,9-12-2)10-7-5-3-4-6-8-10/h7,12-13H,3-6,8-9H2,1-2H3. The van der Waals surface area contributed by atoms with E-state index in [1.165, 1.54) is 24.8 Å². The lowest BCUT2D eigenvalue weighted by molar-refractivity contribution is 0.0958. The fraction of sp³-hybridized carbons (Fsp3) is 0.818. The minimum Gasteiger partial charge on any atom is -0.384 e. The lowest BCUT2D eigenvalue weighted by atomic mass is 9.92. The maximum atomic E-state index is 10.1. The first kappa shape index (κ1) is 10.7. The summed E-state index contributed by atoms with van der Waals surface area (Å²) in [5, 5.41) is 13.2. The molecule has 2 nitrogen and oxygen atoms in total. The summed E-state index contributed by atoms with van der Waals surface area (Å²) in [6.07, 6.45) is 8.23. The lowest BCUT2D eigenvalue weighted by Crippen LogP contribution is -2.38. The van der Waals surface area contributed by atoms with Crippen molar-refractivity contribution in [3.05, 3.63) is 11.6 Å². The summed E-state index contributed by atoms with van der Waals surface area (Å²) in [6.45, 7) is 2.56. The van der Waals surface area contributed by atoms with Gasteiger partial charge in [0, 0.05) is 6.54 Å². The normalized spacial score (nSPS) is 23.2. The summed E-state index contributed by atoms with van der Waals surface area (Å²) in [6, 6.07) is 0. The van der Waals surface area contributed by atoms with Crippen molar-refractivity contribution in [2.45, 2.75) is 44.6 Å². The van der Waals surface area contributed by atoms with Gasteiger partial charge in [0.05, 0.1) is 5.60 Å². The average Bonchev–Trinajstić information content (AvgIpc) is 2.31. The Balaban J connectivity index is 2.61. The molecule has 0 aromatic rings. The summed E-state index contributed by atoms with van der Waals surface area (Å²) in [5.74, 6) is 0. The van der Waals surface area contributed by atoms with E-state index in [0.717, 1.165) is 12.8 Å². The minimum atomic E-state index is -0.640. The summed E-state index contributed by atoms with van der Waals surface area (Å²) < 4.78 is 0. The smallest absolute Gasteiger partial charge is 0.0952 e. The summed E-state index contributed by atoms with van der Waals surface area (Å²) in [5.41, 5.74) is 0.582. The van der Waals surface area contributed by atoms with Gasteiger partial charge in [0.1, 0.15) is 0 Å².